The molecule has 5 nitrogen and oxygen atoms in total. The largest absolute Gasteiger partial charge is 0.574 e. The predicted octanol–water partition coefficient (Wildman–Crippen LogP) is 2.22. The van der Waals surface area contributed by atoms with Crippen molar-refractivity contribution in [2.24, 2.45) is 5.73 Å². The van der Waals surface area contributed by atoms with Gasteiger partial charge in [-0.1, -0.05) is 0 Å². The van der Waals surface area contributed by atoms with E-state index in [4.69, 9.17) is 5.73 Å². The lowest BCUT2D eigenvalue weighted by atomic mass is 10.2. The number of halogens is 4. The Kier molecular flexibility index (Phi) is 5.35. The van der Waals surface area contributed by atoms with E-state index in [0.717, 1.165) is 0 Å². The Labute approximate surface area is 120 Å². The molecule has 0 aliphatic carbocycles. The lowest BCUT2D eigenvalue weighted by Gasteiger charge is -2.13. The van der Waals surface area contributed by atoms with Crippen molar-refractivity contribution in [1.29, 1.82) is 0 Å². The molecule has 0 saturated carbocycles. The molecule has 0 bridgehead atoms. The van der Waals surface area contributed by atoms with E-state index in [0.29, 0.717) is 3.57 Å². The molecule has 0 aliphatic rings. The summed E-state index contributed by atoms with van der Waals surface area (Å²) in [5.41, 5.74) is 5.16. The number of aromatic nitrogens is 1. The van der Waals surface area contributed by atoms with Gasteiger partial charge >= 0.3 is 12.3 Å². The molecule has 2 N–H and O–H groups in total. The molecule has 1 aromatic rings. The van der Waals surface area contributed by atoms with Crippen LogP contribution in [0.4, 0.5) is 13.2 Å². The lowest BCUT2D eigenvalue weighted by Crippen LogP contribution is -2.21. The summed E-state index contributed by atoms with van der Waals surface area (Å²) in [4.78, 5) is 15.2. The van der Waals surface area contributed by atoms with Crippen molar-refractivity contribution < 1.29 is 27.4 Å². The fourth-order valence-electron chi connectivity index (χ4n) is 1.19. The normalized spacial score (nSPS) is 11.3. The van der Waals surface area contributed by atoms with Gasteiger partial charge in [-0.3, -0.25) is 0 Å². The molecule has 1 aromatic heterocycles. The smallest absolute Gasteiger partial charge is 0.462 e. The lowest BCUT2D eigenvalue weighted by molar-refractivity contribution is -0.276. The van der Waals surface area contributed by atoms with Crippen molar-refractivity contribution >= 4 is 28.6 Å². The van der Waals surface area contributed by atoms with E-state index >= 15 is 0 Å². The fourth-order valence-corrected chi connectivity index (χ4v) is 1.85. The third kappa shape index (κ3) is 4.49. The molecule has 0 radical (unpaired) electrons. The summed E-state index contributed by atoms with van der Waals surface area (Å²) in [6.45, 7) is 1.49. The number of carbonyl (C=O) groups is 1. The number of ether oxygens (including phenoxy) is 2. The highest BCUT2D eigenvalue weighted by Gasteiger charge is 2.34. The van der Waals surface area contributed by atoms with Crippen molar-refractivity contribution in [3.05, 3.63) is 20.9 Å². The Balaban J connectivity index is 3.26. The van der Waals surface area contributed by atoms with Gasteiger partial charge in [0.25, 0.3) is 0 Å². The molecular weight excluding hydrogens is 380 g/mol. The highest BCUT2D eigenvalue weighted by Crippen LogP contribution is 2.27. The van der Waals surface area contributed by atoms with E-state index in [9.17, 15) is 18.0 Å². The van der Waals surface area contributed by atoms with E-state index in [1.807, 2.05) is 22.6 Å². The van der Waals surface area contributed by atoms with Crippen LogP contribution in [0, 0.1) is 3.57 Å². The molecule has 1 heterocycles. The number of carbonyl (C=O) groups excluding carboxylic acids is 1. The Bertz CT molecular complexity index is 480. The SMILES string of the molecule is CCOC(=O)c1cc(I)c(CN)nc1OC(F)(F)F. The maximum Gasteiger partial charge on any atom is 0.574 e. The number of rotatable bonds is 4. The monoisotopic (exact) mass is 390 g/mol. The van der Waals surface area contributed by atoms with Gasteiger partial charge < -0.3 is 15.2 Å². The first-order chi connectivity index (χ1) is 8.78. The van der Waals surface area contributed by atoms with E-state index < -0.39 is 18.2 Å². The summed E-state index contributed by atoms with van der Waals surface area (Å²) in [5, 5.41) is 0. The predicted molar refractivity (Wildman–Crippen MR) is 67.5 cm³/mol. The number of pyridine rings is 1. The Morgan fingerprint density at radius 3 is 2.63 bits per heavy atom. The van der Waals surface area contributed by atoms with Crippen molar-refractivity contribution in [2.75, 3.05) is 6.61 Å². The number of esters is 1. The summed E-state index contributed by atoms with van der Waals surface area (Å²) < 4.78 is 45.6. The average molecular weight is 390 g/mol. The third-order valence-corrected chi connectivity index (χ3v) is 2.85. The first-order valence-electron chi connectivity index (χ1n) is 5.10. The average Bonchev–Trinajstić information content (AvgIpc) is 2.29. The van der Waals surface area contributed by atoms with Crippen LogP contribution in [0.2, 0.25) is 0 Å². The third-order valence-electron chi connectivity index (χ3n) is 1.91. The molecule has 0 aromatic carbocycles. The maximum absolute atomic E-state index is 12.3. The summed E-state index contributed by atoms with van der Waals surface area (Å²) in [7, 11) is 0. The van der Waals surface area contributed by atoms with Gasteiger partial charge in [-0.25, -0.2) is 9.78 Å². The number of nitrogens with zero attached hydrogens (tertiary/aromatic N) is 1. The second-order valence-electron chi connectivity index (χ2n) is 3.24. The van der Waals surface area contributed by atoms with Crippen LogP contribution in [0.5, 0.6) is 5.88 Å². The number of hydrogen-bond donors (Lipinski definition) is 1. The highest BCUT2D eigenvalue weighted by atomic mass is 127. The topological polar surface area (TPSA) is 74.4 Å². The number of nitrogens with two attached hydrogens (primary N) is 1. The molecule has 0 unspecified atom stereocenters. The van der Waals surface area contributed by atoms with Crippen LogP contribution < -0.4 is 10.5 Å². The maximum atomic E-state index is 12.3. The quantitative estimate of drug-likeness (QED) is 0.631. The molecule has 1 rings (SSSR count). The molecule has 0 saturated heterocycles. The molecular formula is C10H10F3IN2O3. The van der Waals surface area contributed by atoms with Gasteiger partial charge in [0.2, 0.25) is 5.88 Å². The van der Waals surface area contributed by atoms with Gasteiger partial charge in [-0.05, 0) is 35.6 Å². The van der Waals surface area contributed by atoms with Crippen LogP contribution in [-0.4, -0.2) is 23.9 Å². The molecule has 0 amide bonds. The van der Waals surface area contributed by atoms with Crippen molar-refractivity contribution in [2.45, 2.75) is 19.8 Å². The van der Waals surface area contributed by atoms with Crippen LogP contribution in [0.25, 0.3) is 0 Å². The minimum absolute atomic E-state index is 0.0273. The van der Waals surface area contributed by atoms with Crippen LogP contribution in [0.1, 0.15) is 23.0 Å². The van der Waals surface area contributed by atoms with E-state index in [2.05, 4.69) is 14.5 Å². The summed E-state index contributed by atoms with van der Waals surface area (Å²) >= 11 is 1.81. The first-order valence-corrected chi connectivity index (χ1v) is 6.18. The summed E-state index contributed by atoms with van der Waals surface area (Å²) in [6.07, 6.45) is -4.95. The highest BCUT2D eigenvalue weighted by molar-refractivity contribution is 14.1. The minimum Gasteiger partial charge on any atom is -0.462 e. The van der Waals surface area contributed by atoms with E-state index in [-0.39, 0.29) is 24.4 Å². The second-order valence-corrected chi connectivity index (χ2v) is 4.40. The standard InChI is InChI=1S/C10H10F3IN2O3/c1-2-18-9(17)5-3-6(14)7(4-15)16-8(5)19-10(11,12)13/h3H,2,4,15H2,1H3. The summed E-state index contributed by atoms with van der Waals surface area (Å²) in [5.74, 6) is -1.79. The molecule has 0 spiro atoms. The Morgan fingerprint density at radius 1 is 1.53 bits per heavy atom. The second kappa shape index (κ2) is 6.37. The van der Waals surface area contributed by atoms with E-state index in [1.54, 1.807) is 0 Å². The zero-order chi connectivity index (χ0) is 14.6. The summed E-state index contributed by atoms with van der Waals surface area (Å²) in [6, 6.07) is 1.20. The van der Waals surface area contributed by atoms with Gasteiger partial charge in [-0.2, -0.15) is 0 Å². The first kappa shape index (κ1) is 16.0. The molecule has 0 fully saturated rings. The zero-order valence-electron chi connectivity index (χ0n) is 9.75. The van der Waals surface area contributed by atoms with Gasteiger partial charge in [0.15, 0.2) is 0 Å². The zero-order valence-corrected chi connectivity index (χ0v) is 11.9. The number of hydrogen-bond acceptors (Lipinski definition) is 5. The van der Waals surface area contributed by atoms with Gasteiger partial charge in [0.1, 0.15) is 5.56 Å². The van der Waals surface area contributed by atoms with Gasteiger partial charge in [-0.15, -0.1) is 13.2 Å². The van der Waals surface area contributed by atoms with E-state index in [1.165, 1.54) is 13.0 Å². The molecule has 0 atom stereocenters. The van der Waals surface area contributed by atoms with Crippen LogP contribution >= 0.6 is 22.6 Å². The van der Waals surface area contributed by atoms with Gasteiger partial charge in [0.05, 0.1) is 12.3 Å². The molecule has 0 aliphatic heterocycles. The molecule has 19 heavy (non-hydrogen) atoms. The Morgan fingerprint density at radius 2 is 2.16 bits per heavy atom. The number of alkyl halides is 3. The molecule has 106 valence electrons. The Hall–Kier alpha value is -1.10. The van der Waals surface area contributed by atoms with Crippen LogP contribution in [0.15, 0.2) is 6.07 Å². The minimum atomic E-state index is -4.95. The van der Waals surface area contributed by atoms with Crippen LogP contribution in [0.3, 0.4) is 0 Å². The van der Waals surface area contributed by atoms with Crippen molar-refractivity contribution in [1.82, 2.24) is 4.98 Å². The van der Waals surface area contributed by atoms with Gasteiger partial charge in [0, 0.05) is 10.1 Å². The van der Waals surface area contributed by atoms with Crippen molar-refractivity contribution in [3.8, 4) is 5.88 Å². The fraction of sp³-hybridized carbons (Fsp3) is 0.400. The van der Waals surface area contributed by atoms with Crippen molar-refractivity contribution in [3.63, 3.8) is 0 Å². The molecule has 9 heteroatoms. The van der Waals surface area contributed by atoms with Crippen LogP contribution in [-0.2, 0) is 11.3 Å².